The van der Waals surface area contributed by atoms with Crippen molar-refractivity contribution < 1.29 is 27.1 Å². The van der Waals surface area contributed by atoms with Gasteiger partial charge in [-0.15, -0.1) is 0 Å². The van der Waals surface area contributed by atoms with Crippen LogP contribution in [0.4, 0.5) is 10.1 Å². The van der Waals surface area contributed by atoms with Crippen LogP contribution in [0.1, 0.15) is 12.8 Å². The van der Waals surface area contributed by atoms with E-state index in [2.05, 4.69) is 5.32 Å². The Bertz CT molecular complexity index is 948. The molecule has 1 aliphatic heterocycles. The fraction of sp³-hybridized carbons (Fsp3) is 0.381. The Morgan fingerprint density at radius 3 is 2.50 bits per heavy atom. The molecule has 1 unspecified atom stereocenters. The van der Waals surface area contributed by atoms with Gasteiger partial charge in [-0.2, -0.15) is 4.31 Å². The van der Waals surface area contributed by atoms with Crippen molar-refractivity contribution in [1.29, 1.82) is 0 Å². The summed E-state index contributed by atoms with van der Waals surface area (Å²) in [6.07, 6.45) is 1.17. The van der Waals surface area contributed by atoms with Crippen LogP contribution in [0.3, 0.4) is 0 Å². The Labute approximate surface area is 175 Å². The van der Waals surface area contributed by atoms with Gasteiger partial charge in [-0.3, -0.25) is 4.79 Å². The number of nitrogens with one attached hydrogen (secondary N) is 1. The highest BCUT2D eigenvalue weighted by atomic mass is 32.2. The van der Waals surface area contributed by atoms with Gasteiger partial charge < -0.3 is 14.8 Å². The lowest BCUT2D eigenvalue weighted by Gasteiger charge is -2.31. The standard InChI is InChI=1S/C21H25FN2O5S/c1-28-13-14-29-19-8-6-18(7-9-19)23-21(25)16-3-2-12-24(15-16)30(26,27)20-10-4-17(22)5-11-20/h4-11,16H,2-3,12-15H2,1H3,(H,23,25). The predicted octanol–water partition coefficient (Wildman–Crippen LogP) is 2.89. The van der Waals surface area contributed by atoms with Crippen molar-refractivity contribution in [2.45, 2.75) is 17.7 Å². The molecule has 3 rings (SSSR count). The van der Waals surface area contributed by atoms with Crippen molar-refractivity contribution in [2.24, 2.45) is 5.92 Å². The fourth-order valence-corrected chi connectivity index (χ4v) is 4.78. The second kappa shape index (κ2) is 10.0. The van der Waals surface area contributed by atoms with Crippen molar-refractivity contribution in [1.82, 2.24) is 4.31 Å². The molecule has 30 heavy (non-hydrogen) atoms. The van der Waals surface area contributed by atoms with Gasteiger partial charge >= 0.3 is 0 Å². The lowest BCUT2D eigenvalue weighted by Crippen LogP contribution is -2.43. The number of hydrogen-bond acceptors (Lipinski definition) is 5. The number of nitrogens with zero attached hydrogens (tertiary/aromatic N) is 1. The number of hydrogen-bond donors (Lipinski definition) is 1. The molecule has 1 N–H and O–H groups in total. The average molecular weight is 437 g/mol. The molecule has 0 saturated carbocycles. The molecule has 0 spiro atoms. The van der Waals surface area contributed by atoms with Crippen molar-refractivity contribution in [3.8, 4) is 5.75 Å². The molecule has 0 bridgehead atoms. The highest BCUT2D eigenvalue weighted by Gasteiger charge is 2.33. The molecule has 1 atom stereocenters. The largest absolute Gasteiger partial charge is 0.491 e. The molecule has 1 aliphatic rings. The number of halogens is 1. The predicted molar refractivity (Wildman–Crippen MR) is 110 cm³/mol. The first kappa shape index (κ1) is 22.2. The first-order valence-corrected chi connectivity index (χ1v) is 11.1. The van der Waals surface area contributed by atoms with Gasteiger partial charge in [-0.25, -0.2) is 12.8 Å². The smallest absolute Gasteiger partial charge is 0.243 e. The van der Waals surface area contributed by atoms with Gasteiger partial charge in [0.1, 0.15) is 18.2 Å². The third-order valence-electron chi connectivity index (χ3n) is 4.88. The minimum absolute atomic E-state index is 0.0222. The van der Waals surface area contributed by atoms with E-state index in [1.807, 2.05) is 0 Å². The molecule has 162 valence electrons. The summed E-state index contributed by atoms with van der Waals surface area (Å²) in [7, 11) is -2.18. The third-order valence-corrected chi connectivity index (χ3v) is 6.76. The molecule has 2 aromatic carbocycles. The molecule has 1 fully saturated rings. The number of rotatable bonds is 8. The number of carbonyl (C=O) groups is 1. The lowest BCUT2D eigenvalue weighted by atomic mass is 9.99. The SMILES string of the molecule is COCCOc1ccc(NC(=O)C2CCCN(S(=O)(=O)c3ccc(F)cc3)C2)cc1. The van der Waals surface area contributed by atoms with Crippen LogP contribution in [-0.4, -0.2) is 52.0 Å². The van der Waals surface area contributed by atoms with Crippen molar-refractivity contribution in [2.75, 3.05) is 38.7 Å². The maximum absolute atomic E-state index is 13.1. The Balaban J connectivity index is 1.61. The molecular formula is C21H25FN2O5S. The Hall–Kier alpha value is -2.49. The second-order valence-electron chi connectivity index (χ2n) is 7.01. The number of amides is 1. The fourth-order valence-electron chi connectivity index (χ4n) is 3.25. The molecule has 1 saturated heterocycles. The first-order valence-electron chi connectivity index (χ1n) is 9.68. The van der Waals surface area contributed by atoms with Crippen LogP contribution in [0.25, 0.3) is 0 Å². The van der Waals surface area contributed by atoms with Crippen LogP contribution in [0.2, 0.25) is 0 Å². The highest BCUT2D eigenvalue weighted by molar-refractivity contribution is 7.89. The minimum Gasteiger partial charge on any atom is -0.491 e. The third kappa shape index (κ3) is 5.56. The molecule has 7 nitrogen and oxygen atoms in total. The van der Waals surface area contributed by atoms with Gasteiger partial charge in [0, 0.05) is 25.9 Å². The van der Waals surface area contributed by atoms with Gasteiger partial charge in [0.15, 0.2) is 0 Å². The van der Waals surface area contributed by atoms with Gasteiger partial charge in [-0.1, -0.05) is 0 Å². The van der Waals surface area contributed by atoms with Crippen molar-refractivity contribution >= 4 is 21.6 Å². The quantitative estimate of drug-likeness (QED) is 0.644. The number of methoxy groups -OCH3 is 1. The molecule has 2 aromatic rings. The van der Waals surface area contributed by atoms with Gasteiger partial charge in [0.2, 0.25) is 15.9 Å². The summed E-state index contributed by atoms with van der Waals surface area (Å²) in [5.41, 5.74) is 0.609. The Morgan fingerprint density at radius 2 is 1.83 bits per heavy atom. The minimum atomic E-state index is -3.77. The average Bonchev–Trinajstić information content (AvgIpc) is 2.75. The number of carbonyl (C=O) groups excluding carboxylic acids is 1. The van der Waals surface area contributed by atoms with Crippen LogP contribution < -0.4 is 10.1 Å². The van der Waals surface area contributed by atoms with E-state index in [-0.39, 0.29) is 17.3 Å². The van der Waals surface area contributed by atoms with E-state index in [1.54, 1.807) is 31.4 Å². The maximum Gasteiger partial charge on any atom is 0.243 e. The highest BCUT2D eigenvalue weighted by Crippen LogP contribution is 2.25. The van der Waals surface area contributed by atoms with Gasteiger partial charge in [0.25, 0.3) is 0 Å². The topological polar surface area (TPSA) is 84.9 Å². The summed E-state index contributed by atoms with van der Waals surface area (Å²) < 4.78 is 50.5. The van der Waals surface area contributed by atoms with Crippen LogP contribution in [0, 0.1) is 11.7 Å². The molecule has 1 amide bonds. The second-order valence-corrected chi connectivity index (χ2v) is 8.95. The van der Waals surface area contributed by atoms with E-state index in [1.165, 1.54) is 16.4 Å². The summed E-state index contributed by atoms with van der Waals surface area (Å²) in [4.78, 5) is 12.7. The zero-order chi connectivity index (χ0) is 21.6. The summed E-state index contributed by atoms with van der Waals surface area (Å²) in [5.74, 6) is -0.534. The molecular weight excluding hydrogens is 411 g/mol. The monoisotopic (exact) mass is 436 g/mol. The van der Waals surface area contributed by atoms with Crippen molar-refractivity contribution in [3.63, 3.8) is 0 Å². The summed E-state index contributed by atoms with van der Waals surface area (Å²) >= 11 is 0. The number of benzene rings is 2. The molecule has 0 aromatic heterocycles. The maximum atomic E-state index is 13.1. The molecule has 0 aliphatic carbocycles. The summed E-state index contributed by atoms with van der Waals surface area (Å²) in [6, 6.07) is 11.7. The zero-order valence-corrected chi connectivity index (χ0v) is 17.5. The van der Waals surface area contributed by atoms with E-state index in [9.17, 15) is 17.6 Å². The van der Waals surface area contributed by atoms with Crippen LogP contribution in [0.15, 0.2) is 53.4 Å². The van der Waals surface area contributed by atoms with Crippen molar-refractivity contribution in [3.05, 3.63) is 54.3 Å². The van der Waals surface area contributed by atoms with E-state index in [4.69, 9.17) is 9.47 Å². The molecule has 0 radical (unpaired) electrons. The number of piperidine rings is 1. The number of ether oxygens (including phenoxy) is 2. The lowest BCUT2D eigenvalue weighted by molar-refractivity contribution is -0.120. The van der Waals surface area contributed by atoms with Gasteiger partial charge in [-0.05, 0) is 61.4 Å². The number of sulfonamides is 1. The van der Waals surface area contributed by atoms with E-state index >= 15 is 0 Å². The van der Waals surface area contributed by atoms with E-state index in [0.717, 1.165) is 12.1 Å². The molecule has 1 heterocycles. The van der Waals surface area contributed by atoms with E-state index in [0.29, 0.717) is 44.0 Å². The summed E-state index contributed by atoms with van der Waals surface area (Å²) in [6.45, 7) is 1.33. The van der Waals surface area contributed by atoms with Crippen LogP contribution in [0.5, 0.6) is 5.75 Å². The zero-order valence-electron chi connectivity index (χ0n) is 16.7. The Morgan fingerprint density at radius 1 is 1.13 bits per heavy atom. The number of anilines is 1. The van der Waals surface area contributed by atoms with Gasteiger partial charge in [0.05, 0.1) is 17.4 Å². The van der Waals surface area contributed by atoms with E-state index < -0.39 is 21.8 Å². The summed E-state index contributed by atoms with van der Waals surface area (Å²) in [5, 5.41) is 2.84. The van der Waals surface area contributed by atoms with Crippen LogP contribution >= 0.6 is 0 Å². The molecule has 9 heteroatoms. The normalized spacial score (nSPS) is 17.5. The van der Waals surface area contributed by atoms with Crippen LogP contribution in [-0.2, 0) is 19.6 Å². The Kier molecular flexibility index (Phi) is 7.41. The first-order chi connectivity index (χ1) is 14.4.